The Morgan fingerprint density at radius 2 is 1.90 bits per heavy atom. The first-order chi connectivity index (χ1) is 9.76. The van der Waals surface area contributed by atoms with Crippen molar-refractivity contribution >= 4 is 5.97 Å². The van der Waals surface area contributed by atoms with Crippen LogP contribution < -0.4 is 5.32 Å². The highest BCUT2D eigenvalue weighted by Gasteiger charge is 2.29. The number of hydrogen-bond donors (Lipinski definition) is 1. The van der Waals surface area contributed by atoms with Gasteiger partial charge < -0.3 is 10.1 Å². The minimum atomic E-state index is -0.275. The quantitative estimate of drug-likeness (QED) is 0.832. The number of ether oxygens (including phenoxy) is 1. The van der Waals surface area contributed by atoms with E-state index in [-0.39, 0.29) is 12.0 Å². The van der Waals surface area contributed by atoms with E-state index >= 15 is 0 Å². The molecule has 110 valence electrons. The van der Waals surface area contributed by atoms with Crippen molar-refractivity contribution in [2.75, 3.05) is 32.8 Å². The number of esters is 1. The second-order valence-corrected chi connectivity index (χ2v) is 5.04. The van der Waals surface area contributed by atoms with Crippen LogP contribution in [0.1, 0.15) is 31.0 Å². The fourth-order valence-electron chi connectivity index (χ4n) is 2.59. The van der Waals surface area contributed by atoms with Crippen LogP contribution in [-0.2, 0) is 16.0 Å². The van der Waals surface area contributed by atoms with Gasteiger partial charge in [0.05, 0.1) is 6.61 Å². The van der Waals surface area contributed by atoms with Gasteiger partial charge in [-0.25, -0.2) is 4.79 Å². The number of nitrogens with zero attached hydrogens (tertiary/aromatic N) is 1. The van der Waals surface area contributed by atoms with Gasteiger partial charge in [-0.1, -0.05) is 31.2 Å². The first-order valence-electron chi connectivity index (χ1n) is 7.46. The van der Waals surface area contributed by atoms with E-state index in [2.05, 4.69) is 41.4 Å². The highest BCUT2D eigenvalue weighted by atomic mass is 16.5. The number of rotatable bonds is 5. The number of hydrogen-bond acceptors (Lipinski definition) is 4. The van der Waals surface area contributed by atoms with Crippen LogP contribution in [0.5, 0.6) is 0 Å². The molecule has 4 heteroatoms. The molecule has 2 rings (SSSR count). The lowest BCUT2D eigenvalue weighted by atomic mass is 10.0. The van der Waals surface area contributed by atoms with Crippen LogP contribution in [0.3, 0.4) is 0 Å². The summed E-state index contributed by atoms with van der Waals surface area (Å²) in [5.74, 6) is -0.140. The van der Waals surface area contributed by atoms with Gasteiger partial charge in [-0.2, -0.15) is 0 Å². The van der Waals surface area contributed by atoms with Gasteiger partial charge in [0.15, 0.2) is 0 Å². The molecule has 0 saturated carbocycles. The summed E-state index contributed by atoms with van der Waals surface area (Å²) in [4.78, 5) is 14.5. The predicted molar refractivity (Wildman–Crippen MR) is 79.6 cm³/mol. The lowest BCUT2D eigenvalue weighted by Gasteiger charge is -2.33. The molecule has 1 aliphatic heterocycles. The molecule has 1 aromatic rings. The van der Waals surface area contributed by atoms with Gasteiger partial charge in [0.25, 0.3) is 0 Å². The highest BCUT2D eigenvalue weighted by Crippen LogP contribution is 2.23. The SMILES string of the molecule is CCOC(=O)C(c1ccc(CC)cc1)N1CCNCC1. The molecule has 1 N–H and O–H groups in total. The van der Waals surface area contributed by atoms with Crippen LogP contribution in [-0.4, -0.2) is 43.7 Å². The number of benzene rings is 1. The summed E-state index contributed by atoms with van der Waals surface area (Å²) in [5.41, 5.74) is 2.32. The number of carbonyl (C=O) groups is 1. The van der Waals surface area contributed by atoms with Crippen molar-refractivity contribution in [1.29, 1.82) is 0 Å². The molecule has 0 spiro atoms. The van der Waals surface area contributed by atoms with Crippen LogP contribution in [0.4, 0.5) is 0 Å². The summed E-state index contributed by atoms with van der Waals surface area (Å²) in [5, 5.41) is 3.32. The Hall–Kier alpha value is -1.39. The maximum absolute atomic E-state index is 12.3. The van der Waals surface area contributed by atoms with Crippen molar-refractivity contribution in [3.05, 3.63) is 35.4 Å². The molecule has 1 atom stereocenters. The van der Waals surface area contributed by atoms with Gasteiger partial charge in [-0.15, -0.1) is 0 Å². The largest absolute Gasteiger partial charge is 0.465 e. The van der Waals surface area contributed by atoms with Crippen LogP contribution >= 0.6 is 0 Å². The topological polar surface area (TPSA) is 41.6 Å². The summed E-state index contributed by atoms with van der Waals surface area (Å²) in [6.45, 7) is 8.00. The number of piperazine rings is 1. The van der Waals surface area contributed by atoms with E-state index in [9.17, 15) is 4.79 Å². The number of aryl methyl sites for hydroxylation is 1. The molecular weight excluding hydrogens is 252 g/mol. The molecule has 0 aromatic heterocycles. The zero-order valence-corrected chi connectivity index (χ0v) is 12.4. The van der Waals surface area contributed by atoms with Crippen molar-refractivity contribution in [3.8, 4) is 0 Å². The van der Waals surface area contributed by atoms with Crippen molar-refractivity contribution in [3.63, 3.8) is 0 Å². The molecule has 0 bridgehead atoms. The molecule has 1 saturated heterocycles. The monoisotopic (exact) mass is 276 g/mol. The van der Waals surface area contributed by atoms with Crippen LogP contribution in [0, 0.1) is 0 Å². The molecule has 4 nitrogen and oxygen atoms in total. The summed E-state index contributed by atoms with van der Waals surface area (Å²) in [6, 6.07) is 8.04. The molecule has 1 aliphatic rings. The second kappa shape index (κ2) is 7.41. The Morgan fingerprint density at radius 1 is 1.25 bits per heavy atom. The normalized spacial score (nSPS) is 17.7. The van der Waals surface area contributed by atoms with E-state index in [0.717, 1.165) is 38.2 Å². The van der Waals surface area contributed by atoms with Crippen LogP contribution in [0.2, 0.25) is 0 Å². The smallest absolute Gasteiger partial charge is 0.328 e. The van der Waals surface area contributed by atoms with Crippen LogP contribution in [0.15, 0.2) is 24.3 Å². The van der Waals surface area contributed by atoms with E-state index in [1.165, 1.54) is 5.56 Å². The minimum Gasteiger partial charge on any atom is -0.465 e. The molecule has 1 aromatic carbocycles. The highest BCUT2D eigenvalue weighted by molar-refractivity contribution is 5.77. The standard InChI is InChI=1S/C16H24N2O2/c1-3-13-5-7-14(8-6-13)15(16(19)20-4-2)18-11-9-17-10-12-18/h5-8,15,17H,3-4,9-12H2,1-2H3. The van der Waals surface area contributed by atoms with E-state index in [1.54, 1.807) is 0 Å². The van der Waals surface area contributed by atoms with Gasteiger partial charge in [-0.05, 0) is 24.5 Å². The number of nitrogens with one attached hydrogen (secondary N) is 1. The molecule has 1 heterocycles. The first kappa shape index (κ1) is 15.0. The Morgan fingerprint density at radius 3 is 2.45 bits per heavy atom. The third kappa shape index (κ3) is 3.58. The van der Waals surface area contributed by atoms with E-state index in [0.29, 0.717) is 6.61 Å². The minimum absolute atomic E-state index is 0.140. The maximum Gasteiger partial charge on any atom is 0.328 e. The average Bonchev–Trinajstić information content (AvgIpc) is 2.50. The molecule has 20 heavy (non-hydrogen) atoms. The molecular formula is C16H24N2O2. The summed E-state index contributed by atoms with van der Waals surface area (Å²) in [7, 11) is 0. The maximum atomic E-state index is 12.3. The van der Waals surface area contributed by atoms with Crippen molar-refractivity contribution in [2.45, 2.75) is 26.3 Å². The van der Waals surface area contributed by atoms with Crippen molar-refractivity contribution < 1.29 is 9.53 Å². The van der Waals surface area contributed by atoms with Gasteiger partial charge in [-0.3, -0.25) is 4.90 Å². The fraction of sp³-hybridized carbons (Fsp3) is 0.562. The molecule has 0 aliphatic carbocycles. The molecule has 1 unspecified atom stereocenters. The molecule has 0 radical (unpaired) electrons. The fourth-order valence-corrected chi connectivity index (χ4v) is 2.59. The van der Waals surface area contributed by atoms with Gasteiger partial charge in [0.2, 0.25) is 0 Å². The molecule has 0 amide bonds. The third-order valence-corrected chi connectivity index (χ3v) is 3.73. The van der Waals surface area contributed by atoms with Crippen LogP contribution in [0.25, 0.3) is 0 Å². The summed E-state index contributed by atoms with van der Waals surface area (Å²) in [6.07, 6.45) is 1.01. The van der Waals surface area contributed by atoms with Crippen molar-refractivity contribution in [2.24, 2.45) is 0 Å². The predicted octanol–water partition coefficient (Wildman–Crippen LogP) is 1.76. The van der Waals surface area contributed by atoms with E-state index < -0.39 is 0 Å². The summed E-state index contributed by atoms with van der Waals surface area (Å²) >= 11 is 0. The Bertz CT molecular complexity index is 425. The van der Waals surface area contributed by atoms with Gasteiger partial charge >= 0.3 is 5.97 Å². The summed E-state index contributed by atoms with van der Waals surface area (Å²) < 4.78 is 5.27. The van der Waals surface area contributed by atoms with Crippen molar-refractivity contribution in [1.82, 2.24) is 10.2 Å². The molecule has 1 fully saturated rings. The Labute approximate surface area is 121 Å². The first-order valence-corrected chi connectivity index (χ1v) is 7.46. The Kier molecular flexibility index (Phi) is 5.56. The number of carbonyl (C=O) groups excluding carboxylic acids is 1. The zero-order chi connectivity index (χ0) is 14.4. The van der Waals surface area contributed by atoms with Gasteiger partial charge in [0, 0.05) is 26.2 Å². The van der Waals surface area contributed by atoms with E-state index in [4.69, 9.17) is 4.74 Å². The van der Waals surface area contributed by atoms with E-state index in [1.807, 2.05) is 6.92 Å². The van der Waals surface area contributed by atoms with Gasteiger partial charge in [0.1, 0.15) is 6.04 Å². The lowest BCUT2D eigenvalue weighted by molar-refractivity contribution is -0.150. The lowest BCUT2D eigenvalue weighted by Crippen LogP contribution is -2.47. The average molecular weight is 276 g/mol. The third-order valence-electron chi connectivity index (χ3n) is 3.73. The second-order valence-electron chi connectivity index (χ2n) is 5.04. The Balaban J connectivity index is 2.21. The zero-order valence-electron chi connectivity index (χ0n) is 12.4.